The van der Waals surface area contributed by atoms with Crippen molar-refractivity contribution in [3.8, 4) is 5.75 Å². The average Bonchev–Trinajstić information content (AvgIpc) is 2.99. The number of carbonyl (C=O) groups excluding carboxylic acids is 2. The molecule has 0 radical (unpaired) electrons. The van der Waals surface area contributed by atoms with Crippen LogP contribution in [0.3, 0.4) is 0 Å². The fraction of sp³-hybridized carbons (Fsp3) is 0.394. The van der Waals surface area contributed by atoms with E-state index in [1.807, 2.05) is 50.2 Å². The van der Waals surface area contributed by atoms with Crippen molar-refractivity contribution in [3.63, 3.8) is 0 Å². The maximum atomic E-state index is 14.2. The molecule has 1 aliphatic rings. The van der Waals surface area contributed by atoms with Crippen molar-refractivity contribution in [1.82, 2.24) is 10.2 Å². The summed E-state index contributed by atoms with van der Waals surface area (Å²) in [7, 11) is -2.54. The molecule has 3 aromatic rings. The Morgan fingerprint density at radius 2 is 1.64 bits per heavy atom. The van der Waals surface area contributed by atoms with Crippen molar-refractivity contribution in [2.45, 2.75) is 76.4 Å². The van der Waals surface area contributed by atoms with Crippen molar-refractivity contribution in [2.24, 2.45) is 0 Å². The van der Waals surface area contributed by atoms with Gasteiger partial charge in [0.1, 0.15) is 18.3 Å². The van der Waals surface area contributed by atoms with Gasteiger partial charge < -0.3 is 15.0 Å². The summed E-state index contributed by atoms with van der Waals surface area (Å²) >= 11 is 0. The Kier molecular flexibility index (Phi) is 10.3. The van der Waals surface area contributed by atoms with Crippen LogP contribution in [0, 0.1) is 13.8 Å². The zero-order valence-corrected chi connectivity index (χ0v) is 25.7. The van der Waals surface area contributed by atoms with Crippen LogP contribution in [0.2, 0.25) is 0 Å². The number of aryl methyl sites for hydroxylation is 2. The van der Waals surface area contributed by atoms with Gasteiger partial charge in [0.15, 0.2) is 0 Å². The van der Waals surface area contributed by atoms with E-state index < -0.39 is 28.5 Å². The van der Waals surface area contributed by atoms with Crippen LogP contribution < -0.4 is 14.4 Å². The molecule has 1 N–H and O–H groups in total. The molecule has 8 nitrogen and oxygen atoms in total. The van der Waals surface area contributed by atoms with Gasteiger partial charge in [-0.2, -0.15) is 0 Å². The number of anilines is 1. The average molecular weight is 592 g/mol. The lowest BCUT2D eigenvalue weighted by molar-refractivity contribution is -0.139. The highest BCUT2D eigenvalue weighted by atomic mass is 32.2. The number of ether oxygens (including phenoxy) is 1. The first-order valence-electron chi connectivity index (χ1n) is 14.5. The molecular formula is C33H41N3O5S. The number of benzene rings is 3. The molecule has 1 fully saturated rings. The van der Waals surface area contributed by atoms with E-state index in [9.17, 15) is 18.0 Å². The summed E-state index contributed by atoms with van der Waals surface area (Å²) in [5.74, 6) is -0.104. The Hall–Kier alpha value is -3.85. The minimum Gasteiger partial charge on any atom is -0.497 e. The van der Waals surface area contributed by atoms with E-state index in [1.165, 1.54) is 4.90 Å². The van der Waals surface area contributed by atoms with Gasteiger partial charge in [-0.1, -0.05) is 67.3 Å². The molecule has 0 bridgehead atoms. The number of hydrogen-bond acceptors (Lipinski definition) is 5. The molecule has 42 heavy (non-hydrogen) atoms. The monoisotopic (exact) mass is 591 g/mol. The van der Waals surface area contributed by atoms with E-state index in [1.54, 1.807) is 50.4 Å². The molecule has 0 unspecified atom stereocenters. The van der Waals surface area contributed by atoms with Gasteiger partial charge in [-0.15, -0.1) is 0 Å². The fourth-order valence-corrected chi connectivity index (χ4v) is 6.79. The smallest absolute Gasteiger partial charge is 0.264 e. The van der Waals surface area contributed by atoms with Crippen LogP contribution in [0.1, 0.15) is 55.7 Å². The fourth-order valence-electron chi connectivity index (χ4n) is 5.31. The van der Waals surface area contributed by atoms with Crippen LogP contribution in [0.4, 0.5) is 5.69 Å². The normalized spacial score (nSPS) is 14.6. The van der Waals surface area contributed by atoms with Crippen molar-refractivity contribution in [2.75, 3.05) is 18.0 Å². The first-order chi connectivity index (χ1) is 20.1. The summed E-state index contributed by atoms with van der Waals surface area (Å²) < 4.78 is 34.6. The SMILES string of the molecule is COc1cccc(CN(C(=O)CN(c2ccccc2C)S(=O)(=O)c2ccc(C)cc2)[C@H](C)C(=O)NC2CCCCC2)c1. The van der Waals surface area contributed by atoms with Crippen LogP contribution in [-0.2, 0) is 26.2 Å². The summed E-state index contributed by atoms with van der Waals surface area (Å²) in [6.45, 7) is 5.04. The Bertz CT molecular complexity index is 1480. The van der Waals surface area contributed by atoms with Crippen LogP contribution in [0.25, 0.3) is 0 Å². The number of amides is 2. The predicted molar refractivity (Wildman–Crippen MR) is 165 cm³/mol. The maximum absolute atomic E-state index is 14.2. The van der Waals surface area contributed by atoms with Gasteiger partial charge in [-0.3, -0.25) is 13.9 Å². The standard InChI is InChI=1S/C33H41N3O5S/c1-24-17-19-30(20-18-24)42(39,40)36(31-16-9-8-11-25(31)2)23-32(37)35(22-27-12-10-15-29(21-27)41-4)26(3)33(38)34-28-13-6-5-7-14-28/h8-12,15-21,26,28H,5-7,13-14,22-23H2,1-4H3,(H,34,38)/t26-/m1/s1. The molecule has 2 amide bonds. The molecule has 9 heteroatoms. The molecule has 0 spiro atoms. The molecular weight excluding hydrogens is 550 g/mol. The molecule has 0 aromatic heterocycles. The highest BCUT2D eigenvalue weighted by Gasteiger charge is 2.33. The lowest BCUT2D eigenvalue weighted by Crippen LogP contribution is -2.53. The number of nitrogens with zero attached hydrogens (tertiary/aromatic N) is 2. The van der Waals surface area contributed by atoms with Crippen LogP contribution in [0.15, 0.2) is 77.7 Å². The van der Waals surface area contributed by atoms with Gasteiger partial charge in [0.2, 0.25) is 11.8 Å². The molecule has 1 saturated carbocycles. The van der Waals surface area contributed by atoms with Crippen molar-refractivity contribution >= 4 is 27.5 Å². The summed E-state index contributed by atoms with van der Waals surface area (Å²) in [4.78, 5) is 29.2. The van der Waals surface area contributed by atoms with E-state index in [4.69, 9.17) is 4.74 Å². The third kappa shape index (κ3) is 7.50. The first-order valence-corrected chi connectivity index (χ1v) is 15.9. The Balaban J connectivity index is 1.69. The molecule has 224 valence electrons. The first kappa shape index (κ1) is 31.1. The van der Waals surface area contributed by atoms with Crippen molar-refractivity contribution in [3.05, 3.63) is 89.5 Å². The lowest BCUT2D eigenvalue weighted by atomic mass is 9.95. The number of para-hydroxylation sites is 1. The molecule has 0 saturated heterocycles. The Labute approximate surface area is 249 Å². The largest absolute Gasteiger partial charge is 0.497 e. The number of carbonyl (C=O) groups is 2. The van der Waals surface area contributed by atoms with E-state index in [0.717, 1.165) is 47.5 Å². The highest BCUT2D eigenvalue weighted by Crippen LogP contribution is 2.28. The molecule has 4 rings (SSSR count). The van der Waals surface area contributed by atoms with Crippen molar-refractivity contribution in [1.29, 1.82) is 0 Å². The predicted octanol–water partition coefficient (Wildman–Crippen LogP) is 5.37. The minimum atomic E-state index is -4.11. The maximum Gasteiger partial charge on any atom is 0.264 e. The van der Waals surface area contributed by atoms with Crippen LogP contribution >= 0.6 is 0 Å². The lowest BCUT2D eigenvalue weighted by Gasteiger charge is -2.33. The molecule has 3 aromatic carbocycles. The molecule has 0 aliphatic heterocycles. The van der Waals surface area contributed by atoms with E-state index in [-0.39, 0.29) is 23.4 Å². The third-order valence-electron chi connectivity index (χ3n) is 7.88. The van der Waals surface area contributed by atoms with Gasteiger partial charge in [0.05, 0.1) is 17.7 Å². The third-order valence-corrected chi connectivity index (χ3v) is 9.65. The highest BCUT2D eigenvalue weighted by molar-refractivity contribution is 7.92. The van der Waals surface area contributed by atoms with Gasteiger partial charge in [0, 0.05) is 12.6 Å². The number of rotatable bonds is 11. The number of hydrogen-bond donors (Lipinski definition) is 1. The molecule has 1 atom stereocenters. The number of nitrogens with one attached hydrogen (secondary N) is 1. The van der Waals surface area contributed by atoms with Gasteiger partial charge in [-0.05, 0) is 75.1 Å². The summed E-state index contributed by atoms with van der Waals surface area (Å²) in [5, 5.41) is 3.13. The van der Waals surface area contributed by atoms with E-state index in [0.29, 0.717) is 17.0 Å². The second-order valence-electron chi connectivity index (χ2n) is 11.0. The zero-order valence-electron chi connectivity index (χ0n) is 24.9. The minimum absolute atomic E-state index is 0.0767. The molecule has 1 aliphatic carbocycles. The molecule has 0 heterocycles. The summed E-state index contributed by atoms with van der Waals surface area (Å²) in [5.41, 5.74) is 2.81. The van der Waals surface area contributed by atoms with Gasteiger partial charge in [0.25, 0.3) is 10.0 Å². The van der Waals surface area contributed by atoms with E-state index >= 15 is 0 Å². The van der Waals surface area contributed by atoms with Gasteiger partial charge >= 0.3 is 0 Å². The van der Waals surface area contributed by atoms with E-state index in [2.05, 4.69) is 5.32 Å². The number of sulfonamides is 1. The summed E-state index contributed by atoms with van der Waals surface area (Å²) in [6, 6.07) is 20.2. The van der Waals surface area contributed by atoms with Crippen LogP contribution in [0.5, 0.6) is 5.75 Å². The van der Waals surface area contributed by atoms with Crippen molar-refractivity contribution < 1.29 is 22.7 Å². The van der Waals surface area contributed by atoms with Crippen LogP contribution in [-0.4, -0.2) is 50.9 Å². The Morgan fingerprint density at radius 1 is 0.952 bits per heavy atom. The quantitative estimate of drug-likeness (QED) is 0.323. The summed E-state index contributed by atoms with van der Waals surface area (Å²) in [6.07, 6.45) is 5.12. The van der Waals surface area contributed by atoms with Gasteiger partial charge in [-0.25, -0.2) is 8.42 Å². The Morgan fingerprint density at radius 3 is 2.31 bits per heavy atom. The second-order valence-corrected chi connectivity index (χ2v) is 12.9. The zero-order chi connectivity index (χ0) is 30.3. The second kappa shape index (κ2) is 13.9. The topological polar surface area (TPSA) is 96.0 Å². The number of methoxy groups -OCH3 is 1.